The number of rotatable bonds is 3. The van der Waals surface area contributed by atoms with Crippen LogP contribution >= 0.6 is 11.8 Å². The molecule has 0 bridgehead atoms. The van der Waals surface area contributed by atoms with Gasteiger partial charge in [0.05, 0.1) is 5.56 Å². The fraction of sp³-hybridized carbons (Fsp3) is 0. The fourth-order valence-electron chi connectivity index (χ4n) is 1.48. The summed E-state index contributed by atoms with van der Waals surface area (Å²) in [7, 11) is 0. The molecule has 0 saturated carbocycles. The van der Waals surface area contributed by atoms with Crippen LogP contribution in [0.1, 0.15) is 10.4 Å². The van der Waals surface area contributed by atoms with Gasteiger partial charge in [-0.25, -0.2) is 13.6 Å². The van der Waals surface area contributed by atoms with Crippen LogP contribution in [0, 0.1) is 11.6 Å². The van der Waals surface area contributed by atoms with E-state index in [1.54, 1.807) is 6.07 Å². The van der Waals surface area contributed by atoms with Crippen molar-refractivity contribution in [1.29, 1.82) is 0 Å². The topological polar surface area (TPSA) is 63.3 Å². The highest BCUT2D eigenvalue weighted by Crippen LogP contribution is 2.30. The second-order valence-corrected chi connectivity index (χ2v) is 4.88. The first-order valence-corrected chi connectivity index (χ1v) is 6.05. The summed E-state index contributed by atoms with van der Waals surface area (Å²) in [5.74, 6) is -2.95. The van der Waals surface area contributed by atoms with Crippen molar-refractivity contribution in [3.8, 4) is 0 Å². The van der Waals surface area contributed by atoms with E-state index in [-0.39, 0.29) is 11.3 Å². The number of nitrogens with two attached hydrogens (primary N) is 1. The van der Waals surface area contributed by atoms with Gasteiger partial charge in [0.25, 0.3) is 0 Å². The Morgan fingerprint density at radius 2 is 1.68 bits per heavy atom. The quantitative estimate of drug-likeness (QED) is 0.846. The molecule has 0 saturated heterocycles. The number of aromatic carboxylic acids is 1. The van der Waals surface area contributed by atoms with E-state index in [1.807, 2.05) is 0 Å². The molecule has 0 heterocycles. The molecule has 2 rings (SSSR count). The Hall–Kier alpha value is -2.08. The summed E-state index contributed by atoms with van der Waals surface area (Å²) >= 11 is 1.17. The molecule has 0 aliphatic rings. The number of hydrogen-bond acceptors (Lipinski definition) is 3. The SMILES string of the molecule is Nc1cc(Sc2ccc(F)c(F)c2)ccc1C(=O)O. The maximum Gasteiger partial charge on any atom is 0.337 e. The molecule has 2 aromatic rings. The van der Waals surface area contributed by atoms with E-state index < -0.39 is 17.6 Å². The van der Waals surface area contributed by atoms with E-state index in [0.717, 1.165) is 12.1 Å². The number of carboxylic acid groups (broad SMARTS) is 1. The molecule has 98 valence electrons. The van der Waals surface area contributed by atoms with E-state index in [9.17, 15) is 13.6 Å². The molecule has 0 fully saturated rings. The molecule has 0 aromatic heterocycles. The van der Waals surface area contributed by atoms with Crippen LogP contribution in [0.5, 0.6) is 0 Å². The van der Waals surface area contributed by atoms with E-state index >= 15 is 0 Å². The molecule has 0 unspecified atom stereocenters. The van der Waals surface area contributed by atoms with Crippen molar-refractivity contribution in [2.24, 2.45) is 0 Å². The highest BCUT2D eigenvalue weighted by molar-refractivity contribution is 7.99. The van der Waals surface area contributed by atoms with E-state index in [2.05, 4.69) is 0 Å². The Balaban J connectivity index is 2.26. The lowest BCUT2D eigenvalue weighted by molar-refractivity contribution is 0.0698. The van der Waals surface area contributed by atoms with Crippen molar-refractivity contribution in [2.45, 2.75) is 9.79 Å². The van der Waals surface area contributed by atoms with Crippen molar-refractivity contribution in [2.75, 3.05) is 5.73 Å². The van der Waals surface area contributed by atoms with Crippen LogP contribution in [0.4, 0.5) is 14.5 Å². The molecule has 3 N–H and O–H groups in total. The number of hydrogen-bond donors (Lipinski definition) is 2. The third-order valence-electron chi connectivity index (χ3n) is 2.38. The third kappa shape index (κ3) is 3.03. The van der Waals surface area contributed by atoms with Gasteiger partial charge < -0.3 is 10.8 Å². The van der Waals surface area contributed by atoms with Gasteiger partial charge in [-0.15, -0.1) is 0 Å². The number of halogens is 2. The lowest BCUT2D eigenvalue weighted by atomic mass is 10.2. The first kappa shape index (κ1) is 13.4. The van der Waals surface area contributed by atoms with Crippen LogP contribution in [-0.2, 0) is 0 Å². The summed E-state index contributed by atoms with van der Waals surface area (Å²) in [5.41, 5.74) is 5.74. The maximum atomic E-state index is 13.0. The average molecular weight is 281 g/mol. The van der Waals surface area contributed by atoms with Crippen LogP contribution in [-0.4, -0.2) is 11.1 Å². The fourth-order valence-corrected chi connectivity index (χ4v) is 2.37. The minimum atomic E-state index is -1.11. The van der Waals surface area contributed by atoms with Crippen LogP contribution in [0.3, 0.4) is 0 Å². The Morgan fingerprint density at radius 1 is 1.05 bits per heavy atom. The second-order valence-electron chi connectivity index (χ2n) is 3.73. The Kier molecular flexibility index (Phi) is 3.71. The van der Waals surface area contributed by atoms with Crippen LogP contribution in [0.2, 0.25) is 0 Å². The molecule has 0 aliphatic heterocycles. The first-order chi connectivity index (χ1) is 8.97. The van der Waals surface area contributed by atoms with E-state index in [1.165, 1.54) is 30.0 Å². The first-order valence-electron chi connectivity index (χ1n) is 5.23. The zero-order chi connectivity index (χ0) is 14.0. The van der Waals surface area contributed by atoms with Crippen molar-refractivity contribution >= 4 is 23.4 Å². The second kappa shape index (κ2) is 5.27. The lowest BCUT2D eigenvalue weighted by Gasteiger charge is -2.05. The molecule has 19 heavy (non-hydrogen) atoms. The molecule has 6 heteroatoms. The summed E-state index contributed by atoms with van der Waals surface area (Å²) in [6, 6.07) is 7.96. The number of nitrogen functional groups attached to an aromatic ring is 1. The summed E-state index contributed by atoms with van der Waals surface area (Å²) in [5, 5.41) is 8.84. The van der Waals surface area contributed by atoms with Gasteiger partial charge in [0, 0.05) is 15.5 Å². The Morgan fingerprint density at radius 3 is 2.26 bits per heavy atom. The standard InChI is InChI=1S/C13H9F2NO2S/c14-10-4-2-7(5-11(10)15)19-8-1-3-9(13(17)18)12(16)6-8/h1-6H,16H2,(H,17,18). The number of carbonyl (C=O) groups is 1. The molecule has 2 aromatic carbocycles. The summed E-state index contributed by atoms with van der Waals surface area (Å²) in [6.45, 7) is 0. The largest absolute Gasteiger partial charge is 0.478 e. The molecular weight excluding hydrogens is 272 g/mol. The predicted molar refractivity (Wildman–Crippen MR) is 68.3 cm³/mol. The van der Waals surface area contributed by atoms with Gasteiger partial charge in [-0.05, 0) is 36.4 Å². The van der Waals surface area contributed by atoms with Gasteiger partial charge in [-0.1, -0.05) is 11.8 Å². The van der Waals surface area contributed by atoms with Crippen molar-refractivity contribution in [3.05, 3.63) is 53.6 Å². The van der Waals surface area contributed by atoms with Crippen LogP contribution < -0.4 is 5.73 Å². The molecule has 0 radical (unpaired) electrons. The average Bonchev–Trinajstić information content (AvgIpc) is 2.33. The zero-order valence-corrected chi connectivity index (χ0v) is 10.4. The highest BCUT2D eigenvalue weighted by Gasteiger charge is 2.09. The monoisotopic (exact) mass is 281 g/mol. The molecule has 0 amide bonds. The normalized spacial score (nSPS) is 10.4. The van der Waals surface area contributed by atoms with Gasteiger partial charge in [0.1, 0.15) is 0 Å². The van der Waals surface area contributed by atoms with Gasteiger partial charge in [-0.2, -0.15) is 0 Å². The van der Waals surface area contributed by atoms with E-state index in [0.29, 0.717) is 9.79 Å². The van der Waals surface area contributed by atoms with Gasteiger partial charge in [-0.3, -0.25) is 0 Å². The van der Waals surface area contributed by atoms with Crippen molar-refractivity contribution < 1.29 is 18.7 Å². The smallest absolute Gasteiger partial charge is 0.337 e. The summed E-state index contributed by atoms with van der Waals surface area (Å²) in [6.07, 6.45) is 0. The molecule has 0 atom stereocenters. The number of benzene rings is 2. The minimum absolute atomic E-state index is 0.00892. The van der Waals surface area contributed by atoms with Crippen molar-refractivity contribution in [1.82, 2.24) is 0 Å². The zero-order valence-electron chi connectivity index (χ0n) is 9.56. The summed E-state index contributed by atoms with van der Waals surface area (Å²) < 4.78 is 25.8. The Labute approximate surface area is 112 Å². The molecular formula is C13H9F2NO2S. The molecule has 3 nitrogen and oxygen atoms in total. The third-order valence-corrected chi connectivity index (χ3v) is 3.36. The highest BCUT2D eigenvalue weighted by atomic mass is 32.2. The van der Waals surface area contributed by atoms with Crippen molar-refractivity contribution in [3.63, 3.8) is 0 Å². The van der Waals surface area contributed by atoms with Gasteiger partial charge in [0.15, 0.2) is 11.6 Å². The predicted octanol–water partition coefficient (Wildman–Crippen LogP) is 3.40. The molecule has 0 spiro atoms. The number of anilines is 1. The maximum absolute atomic E-state index is 13.0. The molecule has 0 aliphatic carbocycles. The minimum Gasteiger partial charge on any atom is -0.478 e. The lowest BCUT2D eigenvalue weighted by Crippen LogP contribution is -2.01. The van der Waals surface area contributed by atoms with Gasteiger partial charge in [0.2, 0.25) is 0 Å². The number of carboxylic acids is 1. The van der Waals surface area contributed by atoms with E-state index in [4.69, 9.17) is 10.8 Å². The van der Waals surface area contributed by atoms with Crippen LogP contribution in [0.25, 0.3) is 0 Å². The van der Waals surface area contributed by atoms with Crippen LogP contribution in [0.15, 0.2) is 46.2 Å². The van der Waals surface area contributed by atoms with Gasteiger partial charge >= 0.3 is 5.97 Å². The Bertz CT molecular complexity index is 647. The summed E-state index contributed by atoms with van der Waals surface area (Å²) in [4.78, 5) is 11.9.